The molecule has 3 aromatic carbocycles. The van der Waals surface area contributed by atoms with Gasteiger partial charge in [-0.1, -0.05) is 109 Å². The van der Waals surface area contributed by atoms with E-state index in [1.165, 1.54) is 44.4 Å². The molecule has 0 nitrogen and oxygen atoms in total. The Morgan fingerprint density at radius 3 is 2.29 bits per heavy atom. The molecule has 0 N–H and O–H groups in total. The molecule has 1 atom stereocenters. The van der Waals surface area contributed by atoms with Crippen LogP contribution < -0.4 is 5.46 Å². The first-order valence-electron chi connectivity index (χ1n) is 11.3. The first-order chi connectivity index (χ1) is 15.3. The molecule has 0 spiro atoms. The second kappa shape index (κ2) is 8.82. The lowest BCUT2D eigenvalue weighted by Crippen LogP contribution is -2.06. The van der Waals surface area contributed by atoms with Gasteiger partial charge >= 0.3 is 0 Å². The van der Waals surface area contributed by atoms with Crippen molar-refractivity contribution >= 4 is 24.5 Å². The van der Waals surface area contributed by atoms with Crippen LogP contribution in [0.4, 0.5) is 0 Å². The Hall–Kier alpha value is -3.32. The summed E-state index contributed by atoms with van der Waals surface area (Å²) in [6, 6.07) is 26.8. The van der Waals surface area contributed by atoms with E-state index in [9.17, 15) is 0 Å². The van der Waals surface area contributed by atoms with Crippen molar-refractivity contribution in [3.63, 3.8) is 0 Å². The van der Waals surface area contributed by atoms with E-state index in [-0.39, 0.29) is 0 Å². The molecule has 0 aromatic heterocycles. The summed E-state index contributed by atoms with van der Waals surface area (Å²) in [5.41, 5.74) is 10.9. The fraction of sp³-hybridized carbons (Fsp3) is 0.133. The summed E-state index contributed by atoms with van der Waals surface area (Å²) in [6.07, 6.45) is 16.9. The lowest BCUT2D eigenvalue weighted by molar-refractivity contribution is 0.867. The summed E-state index contributed by atoms with van der Waals surface area (Å²) >= 11 is 0. The van der Waals surface area contributed by atoms with E-state index in [1.54, 1.807) is 0 Å². The van der Waals surface area contributed by atoms with Crippen molar-refractivity contribution in [1.29, 1.82) is 0 Å². The first-order valence-corrected chi connectivity index (χ1v) is 11.3. The number of rotatable bonds is 4. The van der Waals surface area contributed by atoms with E-state index < -0.39 is 0 Å². The van der Waals surface area contributed by atoms with Crippen LogP contribution in [-0.4, -0.2) is 7.85 Å². The molecule has 0 bridgehead atoms. The Morgan fingerprint density at radius 2 is 1.48 bits per heavy atom. The third-order valence-electron chi connectivity index (χ3n) is 6.34. The Kier molecular flexibility index (Phi) is 5.58. The molecule has 0 heterocycles. The predicted octanol–water partition coefficient (Wildman–Crippen LogP) is 6.47. The minimum atomic E-state index is 0.391. The van der Waals surface area contributed by atoms with Crippen LogP contribution in [0.15, 0.2) is 109 Å². The Bertz CT molecular complexity index is 1210. The lowest BCUT2D eigenvalue weighted by Gasteiger charge is -2.22. The molecule has 0 radical (unpaired) electrons. The number of allylic oxidation sites excluding steroid dienone is 8. The van der Waals surface area contributed by atoms with E-state index in [4.69, 9.17) is 0 Å². The fourth-order valence-electron chi connectivity index (χ4n) is 4.66. The van der Waals surface area contributed by atoms with Crippen molar-refractivity contribution in [3.05, 3.63) is 126 Å². The fourth-order valence-corrected chi connectivity index (χ4v) is 4.66. The Balaban J connectivity index is 1.54. The molecule has 0 fully saturated rings. The molecule has 2 aliphatic carbocycles. The lowest BCUT2D eigenvalue weighted by atomic mass is 9.82. The monoisotopic (exact) mass is 398 g/mol. The number of benzene rings is 3. The zero-order chi connectivity index (χ0) is 21.0. The van der Waals surface area contributed by atoms with Gasteiger partial charge in [-0.3, -0.25) is 0 Å². The van der Waals surface area contributed by atoms with E-state index in [2.05, 4.69) is 117 Å². The second-order valence-corrected chi connectivity index (χ2v) is 8.63. The molecule has 2 aliphatic rings. The maximum Gasteiger partial charge on any atom is 0.139 e. The van der Waals surface area contributed by atoms with E-state index in [0.717, 1.165) is 19.3 Å². The van der Waals surface area contributed by atoms with Crippen molar-refractivity contribution in [2.24, 2.45) is 0 Å². The Morgan fingerprint density at radius 1 is 0.677 bits per heavy atom. The van der Waals surface area contributed by atoms with Crippen molar-refractivity contribution in [3.8, 4) is 11.1 Å². The largest absolute Gasteiger partial charge is 0.139 e. The second-order valence-electron chi connectivity index (χ2n) is 8.63. The van der Waals surface area contributed by atoms with Crippen LogP contribution in [0.3, 0.4) is 0 Å². The van der Waals surface area contributed by atoms with Crippen molar-refractivity contribution in [2.75, 3.05) is 0 Å². The van der Waals surface area contributed by atoms with Gasteiger partial charge in [0.15, 0.2) is 0 Å². The zero-order valence-corrected chi connectivity index (χ0v) is 18.1. The van der Waals surface area contributed by atoms with Gasteiger partial charge in [0.25, 0.3) is 0 Å². The summed E-state index contributed by atoms with van der Waals surface area (Å²) in [6.45, 7) is 0. The summed E-state index contributed by atoms with van der Waals surface area (Å²) < 4.78 is 0. The van der Waals surface area contributed by atoms with Crippen LogP contribution in [0.5, 0.6) is 0 Å². The van der Waals surface area contributed by atoms with Gasteiger partial charge in [0.1, 0.15) is 7.85 Å². The SMILES string of the molecule is Bc1cccc(C2=CC=CC(c3cc(C4=CC=CCC4)cc(-c4ccccc4)c3)C2)c1. The van der Waals surface area contributed by atoms with Crippen LogP contribution in [0.25, 0.3) is 22.3 Å². The molecule has 31 heavy (non-hydrogen) atoms. The van der Waals surface area contributed by atoms with Crippen LogP contribution in [0.1, 0.15) is 41.9 Å². The number of hydrogen-bond acceptors (Lipinski definition) is 0. The van der Waals surface area contributed by atoms with E-state index in [1.807, 2.05) is 0 Å². The highest BCUT2D eigenvalue weighted by Gasteiger charge is 2.18. The van der Waals surface area contributed by atoms with Crippen LogP contribution >= 0.6 is 0 Å². The predicted molar refractivity (Wildman–Crippen MR) is 137 cm³/mol. The average molecular weight is 398 g/mol. The minimum absolute atomic E-state index is 0.391. The van der Waals surface area contributed by atoms with Gasteiger partial charge in [-0.15, -0.1) is 0 Å². The van der Waals surface area contributed by atoms with E-state index >= 15 is 0 Å². The summed E-state index contributed by atoms with van der Waals surface area (Å²) in [4.78, 5) is 0. The maximum atomic E-state index is 2.42. The van der Waals surface area contributed by atoms with Gasteiger partial charge in [-0.25, -0.2) is 0 Å². The quantitative estimate of drug-likeness (QED) is 0.442. The molecule has 0 saturated heterocycles. The summed E-state index contributed by atoms with van der Waals surface area (Å²) in [7, 11) is 2.17. The third-order valence-corrected chi connectivity index (χ3v) is 6.34. The normalized spacial score (nSPS) is 17.9. The highest BCUT2D eigenvalue weighted by atomic mass is 14.2. The van der Waals surface area contributed by atoms with Crippen LogP contribution in [0, 0.1) is 0 Å². The molecule has 150 valence electrons. The van der Waals surface area contributed by atoms with Gasteiger partial charge in [0.05, 0.1) is 0 Å². The summed E-state index contributed by atoms with van der Waals surface area (Å²) in [5.74, 6) is 0.391. The zero-order valence-electron chi connectivity index (χ0n) is 18.1. The topological polar surface area (TPSA) is 0 Å². The minimum Gasteiger partial charge on any atom is -0.0884 e. The molecule has 5 rings (SSSR count). The standard InChI is InChI=1S/C30H27B/c31-30-16-8-15-26(21-30)24-13-7-14-25(17-24)29-19-27(22-9-3-1-4-10-22)18-28(20-29)23-11-5-2-6-12-23/h1-5,7-11,13-16,18-21,25H,6,12,17,31H2. The first kappa shape index (κ1) is 19.6. The molecule has 0 amide bonds. The van der Waals surface area contributed by atoms with Gasteiger partial charge in [0, 0.05) is 5.92 Å². The van der Waals surface area contributed by atoms with E-state index in [0.29, 0.717) is 5.92 Å². The van der Waals surface area contributed by atoms with Crippen molar-refractivity contribution in [1.82, 2.24) is 0 Å². The van der Waals surface area contributed by atoms with Crippen molar-refractivity contribution < 1.29 is 0 Å². The molecule has 0 aliphatic heterocycles. The molecular weight excluding hydrogens is 371 g/mol. The van der Waals surface area contributed by atoms with Gasteiger partial charge in [0.2, 0.25) is 0 Å². The van der Waals surface area contributed by atoms with Crippen molar-refractivity contribution in [2.45, 2.75) is 25.2 Å². The van der Waals surface area contributed by atoms with Crippen LogP contribution in [-0.2, 0) is 0 Å². The molecule has 1 heteroatoms. The van der Waals surface area contributed by atoms with Gasteiger partial charge < -0.3 is 0 Å². The average Bonchev–Trinajstić information content (AvgIpc) is 2.85. The molecule has 3 aromatic rings. The van der Waals surface area contributed by atoms with Gasteiger partial charge in [-0.05, 0) is 64.3 Å². The smallest absolute Gasteiger partial charge is 0.0884 e. The Labute approximate surface area is 186 Å². The maximum absolute atomic E-state index is 2.42. The molecular formula is C30H27B. The highest BCUT2D eigenvalue weighted by molar-refractivity contribution is 6.32. The third kappa shape index (κ3) is 4.42. The van der Waals surface area contributed by atoms with Crippen LogP contribution in [0.2, 0.25) is 0 Å². The summed E-state index contributed by atoms with van der Waals surface area (Å²) in [5, 5.41) is 0. The highest BCUT2D eigenvalue weighted by Crippen LogP contribution is 2.37. The molecule has 1 unspecified atom stereocenters. The molecule has 0 saturated carbocycles. The van der Waals surface area contributed by atoms with Gasteiger partial charge in [-0.2, -0.15) is 0 Å². The number of hydrogen-bond donors (Lipinski definition) is 0.